The quantitative estimate of drug-likeness (QED) is 0.617. The third-order valence-electron chi connectivity index (χ3n) is 1.72. The average molecular weight is 304 g/mol. The van der Waals surface area contributed by atoms with Gasteiger partial charge in [0.05, 0.1) is 11.1 Å². The maximum absolute atomic E-state index is 12.4. The van der Waals surface area contributed by atoms with Crippen LogP contribution in [0.15, 0.2) is 10.7 Å². The molecule has 8 heteroatoms. The zero-order valence-electron chi connectivity index (χ0n) is 7.36. The van der Waals surface area contributed by atoms with Crippen molar-refractivity contribution in [3.8, 4) is 0 Å². The summed E-state index contributed by atoms with van der Waals surface area (Å²) in [5.74, 6) is 0. The highest BCUT2D eigenvalue weighted by Gasteiger charge is 2.36. The summed E-state index contributed by atoms with van der Waals surface area (Å²) in [4.78, 5) is 13.4. The van der Waals surface area contributed by atoms with Gasteiger partial charge in [0.15, 0.2) is 6.29 Å². The standard InChI is InChI=1S/C8H3BrF5NO/c9-6-3(8(12,13)14)1-15-4(2-16)5(6)7(10)11/h1-2,7H. The van der Waals surface area contributed by atoms with Gasteiger partial charge in [0.1, 0.15) is 5.69 Å². The lowest BCUT2D eigenvalue weighted by atomic mass is 10.1. The van der Waals surface area contributed by atoms with E-state index in [1.54, 1.807) is 0 Å². The molecule has 0 fully saturated rings. The molecule has 1 rings (SSSR count). The number of nitrogens with zero attached hydrogens (tertiary/aromatic N) is 1. The number of carbonyl (C=O) groups excluding carboxylic acids is 1. The first-order valence-electron chi connectivity index (χ1n) is 3.78. The lowest BCUT2D eigenvalue weighted by molar-refractivity contribution is -0.138. The summed E-state index contributed by atoms with van der Waals surface area (Å²) in [6, 6.07) is 0. The fraction of sp³-hybridized carbons (Fsp3) is 0.250. The molecular formula is C8H3BrF5NO. The molecule has 0 radical (unpaired) electrons. The number of pyridine rings is 1. The molecular weight excluding hydrogens is 301 g/mol. The third-order valence-corrected chi connectivity index (χ3v) is 2.57. The zero-order valence-corrected chi connectivity index (χ0v) is 8.94. The van der Waals surface area contributed by atoms with E-state index < -0.39 is 33.9 Å². The van der Waals surface area contributed by atoms with Crippen molar-refractivity contribution >= 4 is 22.2 Å². The first-order valence-corrected chi connectivity index (χ1v) is 4.57. The highest BCUT2D eigenvalue weighted by molar-refractivity contribution is 9.10. The summed E-state index contributed by atoms with van der Waals surface area (Å²) in [5, 5.41) is 0. The highest BCUT2D eigenvalue weighted by Crippen LogP contribution is 2.39. The van der Waals surface area contributed by atoms with Crippen LogP contribution in [-0.2, 0) is 6.18 Å². The van der Waals surface area contributed by atoms with Crippen LogP contribution in [0.25, 0.3) is 0 Å². The molecule has 0 N–H and O–H groups in total. The maximum Gasteiger partial charge on any atom is 0.418 e. The molecule has 0 aliphatic rings. The van der Waals surface area contributed by atoms with Crippen LogP contribution >= 0.6 is 15.9 Å². The van der Waals surface area contributed by atoms with E-state index in [0.717, 1.165) is 0 Å². The Morgan fingerprint density at radius 2 is 1.94 bits per heavy atom. The Kier molecular flexibility index (Phi) is 3.61. The monoisotopic (exact) mass is 303 g/mol. The van der Waals surface area contributed by atoms with Gasteiger partial charge < -0.3 is 0 Å². The van der Waals surface area contributed by atoms with Gasteiger partial charge in [-0.05, 0) is 15.9 Å². The van der Waals surface area contributed by atoms with Gasteiger partial charge in [0, 0.05) is 10.7 Å². The molecule has 88 valence electrons. The van der Waals surface area contributed by atoms with E-state index in [0.29, 0.717) is 6.20 Å². The minimum Gasteiger partial charge on any atom is -0.296 e. The van der Waals surface area contributed by atoms with Crippen LogP contribution in [0.2, 0.25) is 0 Å². The van der Waals surface area contributed by atoms with Crippen molar-refractivity contribution < 1.29 is 26.7 Å². The molecule has 0 unspecified atom stereocenters. The van der Waals surface area contributed by atoms with Gasteiger partial charge in [-0.3, -0.25) is 9.78 Å². The van der Waals surface area contributed by atoms with Crippen LogP contribution in [0.3, 0.4) is 0 Å². The number of aldehydes is 1. The molecule has 0 spiro atoms. The Hall–Kier alpha value is -1.05. The van der Waals surface area contributed by atoms with Crippen LogP contribution in [0, 0.1) is 0 Å². The second-order valence-corrected chi connectivity index (χ2v) is 3.49. The van der Waals surface area contributed by atoms with Gasteiger partial charge >= 0.3 is 6.18 Å². The third kappa shape index (κ3) is 2.37. The van der Waals surface area contributed by atoms with E-state index in [-0.39, 0.29) is 6.29 Å². The Balaban J connectivity index is 3.50. The van der Waals surface area contributed by atoms with Crippen LogP contribution < -0.4 is 0 Å². The van der Waals surface area contributed by atoms with Crippen molar-refractivity contribution in [1.82, 2.24) is 4.98 Å². The normalized spacial score (nSPS) is 11.9. The second kappa shape index (κ2) is 4.44. The Labute approximate surface area is 94.6 Å². The molecule has 0 bridgehead atoms. The summed E-state index contributed by atoms with van der Waals surface area (Å²) in [6.45, 7) is 0. The van der Waals surface area contributed by atoms with Crippen LogP contribution in [0.5, 0.6) is 0 Å². The van der Waals surface area contributed by atoms with Crippen molar-refractivity contribution in [3.05, 3.63) is 27.5 Å². The molecule has 0 aliphatic carbocycles. The van der Waals surface area contributed by atoms with Crippen LogP contribution in [-0.4, -0.2) is 11.3 Å². The van der Waals surface area contributed by atoms with Crippen molar-refractivity contribution in [2.24, 2.45) is 0 Å². The van der Waals surface area contributed by atoms with E-state index in [4.69, 9.17) is 0 Å². The van der Waals surface area contributed by atoms with E-state index in [1.165, 1.54) is 0 Å². The predicted octanol–water partition coefficient (Wildman–Crippen LogP) is 3.61. The number of alkyl halides is 5. The Bertz CT molecular complexity index is 418. The molecule has 0 amide bonds. The van der Waals surface area contributed by atoms with Gasteiger partial charge in [-0.2, -0.15) is 13.2 Å². The van der Waals surface area contributed by atoms with Gasteiger partial charge in [0.2, 0.25) is 0 Å². The van der Waals surface area contributed by atoms with E-state index in [1.807, 2.05) is 0 Å². The van der Waals surface area contributed by atoms with E-state index in [9.17, 15) is 26.7 Å². The molecule has 2 nitrogen and oxygen atoms in total. The first-order chi connectivity index (χ1) is 7.29. The smallest absolute Gasteiger partial charge is 0.296 e. The molecule has 1 heterocycles. The Morgan fingerprint density at radius 3 is 2.31 bits per heavy atom. The topological polar surface area (TPSA) is 30.0 Å². The molecule has 1 aromatic rings. The molecule has 1 aromatic heterocycles. The number of hydrogen-bond donors (Lipinski definition) is 0. The highest BCUT2D eigenvalue weighted by atomic mass is 79.9. The summed E-state index contributed by atoms with van der Waals surface area (Å²) in [6.07, 6.45) is -7.72. The van der Waals surface area contributed by atoms with Crippen LogP contribution in [0.4, 0.5) is 22.0 Å². The van der Waals surface area contributed by atoms with Gasteiger partial charge in [0.25, 0.3) is 6.43 Å². The molecule has 16 heavy (non-hydrogen) atoms. The first kappa shape index (κ1) is 13.0. The van der Waals surface area contributed by atoms with Gasteiger partial charge in [-0.15, -0.1) is 0 Å². The summed E-state index contributed by atoms with van der Waals surface area (Å²) < 4.78 is 61.0. The number of halogens is 6. The SMILES string of the molecule is O=Cc1ncc(C(F)(F)F)c(Br)c1C(F)F. The average Bonchev–Trinajstić information content (AvgIpc) is 2.14. The minimum atomic E-state index is -4.81. The molecule has 0 aromatic carbocycles. The van der Waals surface area contributed by atoms with Crippen molar-refractivity contribution in [3.63, 3.8) is 0 Å². The summed E-state index contributed by atoms with van der Waals surface area (Å²) >= 11 is 2.41. The van der Waals surface area contributed by atoms with Crippen molar-refractivity contribution in [2.75, 3.05) is 0 Å². The van der Waals surface area contributed by atoms with E-state index in [2.05, 4.69) is 20.9 Å². The van der Waals surface area contributed by atoms with Crippen molar-refractivity contribution in [2.45, 2.75) is 12.6 Å². The molecule has 0 saturated heterocycles. The maximum atomic E-state index is 12.4. The largest absolute Gasteiger partial charge is 0.418 e. The fourth-order valence-electron chi connectivity index (χ4n) is 1.02. The summed E-state index contributed by atoms with van der Waals surface area (Å²) in [5.41, 5.74) is -3.10. The Morgan fingerprint density at radius 1 is 1.38 bits per heavy atom. The number of aromatic nitrogens is 1. The van der Waals surface area contributed by atoms with E-state index >= 15 is 0 Å². The van der Waals surface area contributed by atoms with Crippen LogP contribution in [0.1, 0.15) is 28.0 Å². The number of rotatable bonds is 2. The lowest BCUT2D eigenvalue weighted by Gasteiger charge is -2.12. The lowest BCUT2D eigenvalue weighted by Crippen LogP contribution is -2.11. The van der Waals surface area contributed by atoms with Crippen molar-refractivity contribution in [1.29, 1.82) is 0 Å². The second-order valence-electron chi connectivity index (χ2n) is 2.70. The number of hydrogen-bond acceptors (Lipinski definition) is 2. The summed E-state index contributed by atoms with van der Waals surface area (Å²) in [7, 11) is 0. The van der Waals surface area contributed by atoms with Gasteiger partial charge in [-0.25, -0.2) is 8.78 Å². The number of carbonyl (C=O) groups is 1. The molecule has 0 aliphatic heterocycles. The fourth-order valence-corrected chi connectivity index (χ4v) is 1.72. The van der Waals surface area contributed by atoms with Gasteiger partial charge in [-0.1, -0.05) is 0 Å². The molecule has 0 atom stereocenters. The zero-order chi connectivity index (χ0) is 12.5. The molecule has 0 saturated carbocycles. The minimum absolute atomic E-state index is 0.0214. The predicted molar refractivity (Wildman–Crippen MR) is 47.3 cm³/mol.